The molecule has 0 bridgehead atoms. The molecule has 0 unspecified atom stereocenters. The lowest BCUT2D eigenvalue weighted by Gasteiger charge is -2.61. The standard InChI is InChI=1S/C20H34O/c1-7-15(2)9-10-17-19(5)13-8-12-18(3,4)16(19)11-14-20(17,6)21/h7,16-17,21H,1-2,8-14H2,3-6H3/t16-,17-,19+,20-/m1/s1. The maximum absolute atomic E-state index is 11.0. The average molecular weight is 290 g/mol. The zero-order chi connectivity index (χ0) is 15.9. The van der Waals surface area contributed by atoms with Gasteiger partial charge in [-0.05, 0) is 68.1 Å². The van der Waals surface area contributed by atoms with E-state index in [0.29, 0.717) is 11.3 Å². The number of allylic oxidation sites excluding steroid dienone is 2. The highest BCUT2D eigenvalue weighted by atomic mass is 16.3. The Morgan fingerprint density at radius 1 is 1.19 bits per heavy atom. The van der Waals surface area contributed by atoms with Crippen LogP contribution in [-0.4, -0.2) is 10.7 Å². The molecule has 1 heteroatoms. The molecule has 0 spiro atoms. The smallest absolute Gasteiger partial charge is 0.0653 e. The lowest BCUT2D eigenvalue weighted by atomic mass is 9.45. The molecule has 2 aliphatic carbocycles. The highest BCUT2D eigenvalue weighted by Crippen LogP contribution is 2.62. The van der Waals surface area contributed by atoms with Gasteiger partial charge in [-0.3, -0.25) is 0 Å². The average Bonchev–Trinajstić information content (AvgIpc) is 2.35. The van der Waals surface area contributed by atoms with Gasteiger partial charge in [0.2, 0.25) is 0 Å². The molecule has 0 amide bonds. The molecular weight excluding hydrogens is 256 g/mol. The predicted octanol–water partition coefficient (Wildman–Crippen LogP) is 5.50. The second kappa shape index (κ2) is 5.57. The quantitative estimate of drug-likeness (QED) is 0.678. The van der Waals surface area contributed by atoms with E-state index in [1.165, 1.54) is 25.7 Å². The SMILES string of the molecule is C=CC(=C)CC[C@@H]1[C@@]2(C)CCCC(C)(C)[C@H]2CC[C@@]1(C)O. The van der Waals surface area contributed by atoms with Crippen molar-refractivity contribution in [3.63, 3.8) is 0 Å². The lowest BCUT2D eigenvalue weighted by Crippen LogP contribution is -2.57. The van der Waals surface area contributed by atoms with Crippen LogP contribution in [0.25, 0.3) is 0 Å². The summed E-state index contributed by atoms with van der Waals surface area (Å²) in [6.07, 6.45) is 9.90. The van der Waals surface area contributed by atoms with Gasteiger partial charge in [-0.1, -0.05) is 52.0 Å². The molecule has 1 N–H and O–H groups in total. The molecule has 0 saturated heterocycles. The summed E-state index contributed by atoms with van der Waals surface area (Å²) in [6, 6.07) is 0. The summed E-state index contributed by atoms with van der Waals surface area (Å²) in [5.74, 6) is 1.11. The van der Waals surface area contributed by atoms with Gasteiger partial charge in [-0.25, -0.2) is 0 Å². The van der Waals surface area contributed by atoms with Crippen molar-refractivity contribution in [1.82, 2.24) is 0 Å². The van der Waals surface area contributed by atoms with Crippen LogP contribution in [0.1, 0.15) is 72.6 Å². The van der Waals surface area contributed by atoms with Crippen LogP contribution in [-0.2, 0) is 0 Å². The van der Waals surface area contributed by atoms with E-state index in [9.17, 15) is 5.11 Å². The third-order valence-electron chi connectivity index (χ3n) is 6.80. The van der Waals surface area contributed by atoms with Gasteiger partial charge in [-0.2, -0.15) is 0 Å². The van der Waals surface area contributed by atoms with Crippen molar-refractivity contribution in [1.29, 1.82) is 0 Å². The maximum atomic E-state index is 11.0. The second-order valence-corrected chi connectivity index (χ2v) is 8.75. The number of fused-ring (bicyclic) bond motifs is 1. The van der Waals surface area contributed by atoms with E-state index in [-0.39, 0.29) is 5.41 Å². The Balaban J connectivity index is 2.28. The van der Waals surface area contributed by atoms with E-state index in [1.54, 1.807) is 0 Å². The summed E-state index contributed by atoms with van der Waals surface area (Å²) in [5, 5.41) is 11.0. The molecule has 2 aliphatic rings. The van der Waals surface area contributed by atoms with Gasteiger partial charge < -0.3 is 5.11 Å². The third kappa shape index (κ3) is 2.99. The molecular formula is C20H34O. The van der Waals surface area contributed by atoms with Gasteiger partial charge >= 0.3 is 0 Å². The summed E-state index contributed by atoms with van der Waals surface area (Å²) in [4.78, 5) is 0. The number of rotatable bonds is 4. The van der Waals surface area contributed by atoms with Crippen LogP contribution in [0.15, 0.2) is 24.8 Å². The Kier molecular flexibility index (Phi) is 4.46. The summed E-state index contributed by atoms with van der Waals surface area (Å²) in [7, 11) is 0. The highest BCUT2D eigenvalue weighted by molar-refractivity contribution is 5.13. The molecule has 2 saturated carbocycles. The zero-order valence-electron chi connectivity index (χ0n) is 14.5. The topological polar surface area (TPSA) is 20.2 Å². The van der Waals surface area contributed by atoms with E-state index in [0.717, 1.165) is 30.8 Å². The second-order valence-electron chi connectivity index (χ2n) is 8.75. The first kappa shape index (κ1) is 16.8. The van der Waals surface area contributed by atoms with Crippen LogP contribution in [0.3, 0.4) is 0 Å². The van der Waals surface area contributed by atoms with E-state index in [1.807, 2.05) is 6.08 Å². The van der Waals surface area contributed by atoms with Gasteiger partial charge in [0.25, 0.3) is 0 Å². The van der Waals surface area contributed by atoms with Crippen molar-refractivity contribution < 1.29 is 5.11 Å². The van der Waals surface area contributed by atoms with Gasteiger partial charge in [0.05, 0.1) is 5.60 Å². The van der Waals surface area contributed by atoms with E-state index < -0.39 is 5.60 Å². The molecule has 0 heterocycles. The van der Waals surface area contributed by atoms with Crippen LogP contribution in [0.4, 0.5) is 0 Å². The molecule has 21 heavy (non-hydrogen) atoms. The highest BCUT2D eigenvalue weighted by Gasteiger charge is 2.57. The minimum Gasteiger partial charge on any atom is -0.390 e. The molecule has 0 aliphatic heterocycles. The fraction of sp³-hybridized carbons (Fsp3) is 0.800. The van der Waals surface area contributed by atoms with Crippen molar-refractivity contribution in [2.24, 2.45) is 22.7 Å². The van der Waals surface area contributed by atoms with Gasteiger partial charge in [0.1, 0.15) is 0 Å². The van der Waals surface area contributed by atoms with Crippen LogP contribution in [0.2, 0.25) is 0 Å². The molecule has 4 atom stereocenters. The van der Waals surface area contributed by atoms with Crippen LogP contribution in [0.5, 0.6) is 0 Å². The number of hydrogen-bond donors (Lipinski definition) is 1. The van der Waals surface area contributed by atoms with Crippen LogP contribution in [0, 0.1) is 22.7 Å². The molecule has 2 rings (SSSR count). The first-order valence-electron chi connectivity index (χ1n) is 8.66. The predicted molar refractivity (Wildman–Crippen MR) is 91.1 cm³/mol. The van der Waals surface area contributed by atoms with Crippen LogP contribution >= 0.6 is 0 Å². The zero-order valence-corrected chi connectivity index (χ0v) is 14.5. The van der Waals surface area contributed by atoms with Gasteiger partial charge in [0.15, 0.2) is 0 Å². The summed E-state index contributed by atoms with van der Waals surface area (Å²) < 4.78 is 0. The van der Waals surface area contributed by atoms with Crippen LogP contribution < -0.4 is 0 Å². The van der Waals surface area contributed by atoms with E-state index in [2.05, 4.69) is 40.9 Å². The molecule has 0 aromatic rings. The molecule has 0 radical (unpaired) electrons. The van der Waals surface area contributed by atoms with E-state index in [4.69, 9.17) is 0 Å². The number of aliphatic hydroxyl groups is 1. The summed E-state index contributed by atoms with van der Waals surface area (Å²) in [5.41, 5.74) is 1.26. The van der Waals surface area contributed by atoms with Crippen molar-refractivity contribution in [2.45, 2.75) is 78.2 Å². The molecule has 0 aromatic carbocycles. The Hall–Kier alpha value is -0.560. The first-order chi connectivity index (χ1) is 9.63. The minimum absolute atomic E-state index is 0.269. The lowest BCUT2D eigenvalue weighted by molar-refractivity contribution is -0.168. The molecule has 120 valence electrons. The molecule has 0 aromatic heterocycles. The minimum atomic E-state index is -0.528. The number of hydrogen-bond acceptors (Lipinski definition) is 1. The Morgan fingerprint density at radius 2 is 1.86 bits per heavy atom. The van der Waals surface area contributed by atoms with Gasteiger partial charge in [-0.15, -0.1) is 0 Å². The van der Waals surface area contributed by atoms with Crippen molar-refractivity contribution >= 4 is 0 Å². The fourth-order valence-electron chi connectivity index (χ4n) is 5.70. The Morgan fingerprint density at radius 3 is 2.48 bits per heavy atom. The van der Waals surface area contributed by atoms with E-state index >= 15 is 0 Å². The fourth-order valence-corrected chi connectivity index (χ4v) is 5.70. The van der Waals surface area contributed by atoms with Crippen molar-refractivity contribution in [3.8, 4) is 0 Å². The molecule has 1 nitrogen and oxygen atoms in total. The monoisotopic (exact) mass is 290 g/mol. The summed E-state index contributed by atoms with van der Waals surface area (Å²) >= 11 is 0. The maximum Gasteiger partial charge on any atom is 0.0653 e. The molecule has 2 fully saturated rings. The Labute approximate surface area is 131 Å². The first-order valence-corrected chi connectivity index (χ1v) is 8.66. The van der Waals surface area contributed by atoms with Crippen molar-refractivity contribution in [3.05, 3.63) is 24.8 Å². The normalized spacial score (nSPS) is 42.1. The Bertz CT molecular complexity index is 418. The largest absolute Gasteiger partial charge is 0.390 e. The summed E-state index contributed by atoms with van der Waals surface area (Å²) in [6.45, 7) is 17.3. The van der Waals surface area contributed by atoms with Gasteiger partial charge in [0, 0.05) is 0 Å². The third-order valence-corrected chi connectivity index (χ3v) is 6.80. The van der Waals surface area contributed by atoms with Crippen molar-refractivity contribution in [2.75, 3.05) is 0 Å².